The maximum Gasteiger partial charge on any atom is 0.493 e. The Morgan fingerprint density at radius 1 is 1.27 bits per heavy atom. The van der Waals surface area contributed by atoms with Crippen molar-refractivity contribution in [3.8, 4) is 0 Å². The number of hydrogen-bond donors (Lipinski definition) is 0. The molecule has 0 aliphatic heterocycles. The van der Waals surface area contributed by atoms with Crippen molar-refractivity contribution in [1.29, 1.82) is 0 Å². The van der Waals surface area contributed by atoms with E-state index in [4.69, 9.17) is 9.31 Å². The van der Waals surface area contributed by atoms with Crippen LogP contribution in [0.2, 0.25) is 0 Å². The second kappa shape index (κ2) is 6.38. The predicted octanol–water partition coefficient (Wildman–Crippen LogP) is 1.27. The molecule has 0 saturated carbocycles. The predicted molar refractivity (Wildman–Crippen MR) is 60.5 cm³/mol. The van der Waals surface area contributed by atoms with Crippen LogP contribution >= 0.6 is 0 Å². The van der Waals surface area contributed by atoms with Crippen molar-refractivity contribution in [3.63, 3.8) is 0 Å². The summed E-state index contributed by atoms with van der Waals surface area (Å²) in [6.45, 7) is 4.98. The molecular formula is C11H15BO3. The van der Waals surface area contributed by atoms with Gasteiger partial charge in [0.2, 0.25) is 0 Å². The van der Waals surface area contributed by atoms with Crippen LogP contribution in [0.3, 0.4) is 0 Å². The minimum Gasteiger partial charge on any atom is -0.408 e. The summed E-state index contributed by atoms with van der Waals surface area (Å²) in [6.07, 6.45) is 0.818. The second-order valence-electron chi connectivity index (χ2n) is 3.03. The Morgan fingerprint density at radius 2 is 1.93 bits per heavy atom. The van der Waals surface area contributed by atoms with E-state index >= 15 is 0 Å². The molecule has 0 aliphatic carbocycles. The van der Waals surface area contributed by atoms with Gasteiger partial charge in [-0.15, -0.1) is 0 Å². The molecule has 0 saturated heterocycles. The third-order valence-corrected chi connectivity index (χ3v) is 1.96. The van der Waals surface area contributed by atoms with E-state index < -0.39 is 0 Å². The molecular weight excluding hydrogens is 191 g/mol. The molecule has 0 radical (unpaired) electrons. The van der Waals surface area contributed by atoms with Crippen molar-refractivity contribution in [2.75, 3.05) is 13.2 Å². The summed E-state index contributed by atoms with van der Waals surface area (Å²) in [7, 11) is -0.375. The Bertz CT molecular complexity index is 308. The first-order valence-electron chi connectivity index (χ1n) is 5.10. The van der Waals surface area contributed by atoms with Crippen LogP contribution in [0.25, 0.3) is 0 Å². The molecule has 1 aromatic rings. The van der Waals surface area contributed by atoms with Crippen molar-refractivity contribution in [2.45, 2.75) is 13.8 Å². The summed E-state index contributed by atoms with van der Waals surface area (Å²) < 4.78 is 10.9. The van der Waals surface area contributed by atoms with E-state index in [0.717, 1.165) is 11.7 Å². The van der Waals surface area contributed by atoms with Gasteiger partial charge >= 0.3 is 7.12 Å². The lowest BCUT2D eigenvalue weighted by molar-refractivity contribution is 0.112. The fraction of sp³-hybridized carbons (Fsp3) is 0.364. The van der Waals surface area contributed by atoms with Gasteiger partial charge in [0, 0.05) is 18.8 Å². The van der Waals surface area contributed by atoms with E-state index in [2.05, 4.69) is 0 Å². The molecule has 1 rings (SSSR count). The van der Waals surface area contributed by atoms with E-state index in [9.17, 15) is 4.79 Å². The lowest BCUT2D eigenvalue weighted by Gasteiger charge is -2.12. The van der Waals surface area contributed by atoms with Gasteiger partial charge in [0.1, 0.15) is 6.29 Å². The van der Waals surface area contributed by atoms with Crippen molar-refractivity contribution in [3.05, 3.63) is 29.8 Å². The van der Waals surface area contributed by atoms with E-state index in [1.54, 1.807) is 12.1 Å². The molecule has 3 nitrogen and oxygen atoms in total. The molecule has 80 valence electrons. The number of carbonyl (C=O) groups excluding carboxylic acids is 1. The smallest absolute Gasteiger partial charge is 0.408 e. The maximum atomic E-state index is 10.6. The normalized spacial score (nSPS) is 10.0. The third kappa shape index (κ3) is 3.49. The molecule has 1 aromatic carbocycles. The van der Waals surface area contributed by atoms with Gasteiger partial charge in [-0.1, -0.05) is 24.3 Å². The van der Waals surface area contributed by atoms with Gasteiger partial charge in [0.15, 0.2) is 0 Å². The van der Waals surface area contributed by atoms with Crippen LogP contribution in [0.5, 0.6) is 0 Å². The standard InChI is InChI=1S/C11H15BO3/c1-3-14-12(15-4-2)11-7-5-6-10(8-11)9-13/h5-9H,3-4H2,1-2H3. The van der Waals surface area contributed by atoms with Crippen LogP contribution in [-0.4, -0.2) is 26.6 Å². The van der Waals surface area contributed by atoms with Gasteiger partial charge < -0.3 is 9.31 Å². The lowest BCUT2D eigenvalue weighted by atomic mass is 9.78. The summed E-state index contributed by atoms with van der Waals surface area (Å²) in [6, 6.07) is 7.25. The molecule has 0 atom stereocenters. The summed E-state index contributed by atoms with van der Waals surface area (Å²) in [5.74, 6) is 0. The van der Waals surface area contributed by atoms with Gasteiger partial charge in [-0.2, -0.15) is 0 Å². The topological polar surface area (TPSA) is 35.5 Å². The molecule has 0 amide bonds. The first-order valence-corrected chi connectivity index (χ1v) is 5.10. The van der Waals surface area contributed by atoms with Crippen LogP contribution in [0.1, 0.15) is 24.2 Å². The van der Waals surface area contributed by atoms with Crippen LogP contribution in [0.4, 0.5) is 0 Å². The molecule has 0 fully saturated rings. The molecule has 0 heterocycles. The fourth-order valence-corrected chi connectivity index (χ4v) is 1.32. The quantitative estimate of drug-likeness (QED) is 0.519. The van der Waals surface area contributed by atoms with Gasteiger partial charge in [-0.25, -0.2) is 0 Å². The maximum absolute atomic E-state index is 10.6. The van der Waals surface area contributed by atoms with Crippen molar-refractivity contribution in [1.82, 2.24) is 0 Å². The highest BCUT2D eigenvalue weighted by molar-refractivity contribution is 6.61. The van der Waals surface area contributed by atoms with E-state index in [-0.39, 0.29) is 7.12 Å². The lowest BCUT2D eigenvalue weighted by Crippen LogP contribution is -2.37. The zero-order chi connectivity index (χ0) is 11.1. The van der Waals surface area contributed by atoms with Gasteiger partial charge in [-0.3, -0.25) is 4.79 Å². The molecule has 0 aromatic heterocycles. The molecule has 0 unspecified atom stereocenters. The molecule has 0 bridgehead atoms. The molecule has 15 heavy (non-hydrogen) atoms. The van der Waals surface area contributed by atoms with E-state index in [1.165, 1.54) is 0 Å². The highest BCUT2D eigenvalue weighted by Crippen LogP contribution is 1.97. The van der Waals surface area contributed by atoms with Crippen LogP contribution in [0, 0.1) is 0 Å². The molecule has 0 aliphatic rings. The number of hydrogen-bond acceptors (Lipinski definition) is 3. The monoisotopic (exact) mass is 206 g/mol. The first-order chi connectivity index (χ1) is 7.31. The van der Waals surface area contributed by atoms with Crippen molar-refractivity contribution < 1.29 is 14.1 Å². The second-order valence-corrected chi connectivity index (χ2v) is 3.03. The van der Waals surface area contributed by atoms with Gasteiger partial charge in [0.25, 0.3) is 0 Å². The Hall–Kier alpha value is -1.13. The summed E-state index contributed by atoms with van der Waals surface area (Å²) in [4.78, 5) is 10.6. The fourth-order valence-electron chi connectivity index (χ4n) is 1.32. The Morgan fingerprint density at radius 3 is 2.47 bits per heavy atom. The average Bonchev–Trinajstić information content (AvgIpc) is 2.29. The Balaban J connectivity index is 2.83. The van der Waals surface area contributed by atoms with Crippen LogP contribution in [0.15, 0.2) is 24.3 Å². The van der Waals surface area contributed by atoms with Crippen molar-refractivity contribution >= 4 is 18.9 Å². The summed E-state index contributed by atoms with van der Waals surface area (Å²) in [5, 5.41) is 0. The Labute approximate surface area is 90.5 Å². The van der Waals surface area contributed by atoms with E-state index in [1.807, 2.05) is 26.0 Å². The van der Waals surface area contributed by atoms with Crippen LogP contribution in [-0.2, 0) is 9.31 Å². The average molecular weight is 206 g/mol. The van der Waals surface area contributed by atoms with Crippen LogP contribution < -0.4 is 5.46 Å². The molecule has 4 heteroatoms. The number of aldehydes is 1. The van der Waals surface area contributed by atoms with Crippen molar-refractivity contribution in [2.24, 2.45) is 0 Å². The highest BCUT2D eigenvalue weighted by atomic mass is 16.6. The first kappa shape index (κ1) is 11.9. The molecule has 0 N–H and O–H groups in total. The SMILES string of the molecule is CCOB(OCC)c1cccc(C=O)c1. The van der Waals surface area contributed by atoms with E-state index in [0.29, 0.717) is 18.8 Å². The summed E-state index contributed by atoms with van der Waals surface area (Å²) in [5.41, 5.74) is 1.51. The molecule has 0 spiro atoms. The summed E-state index contributed by atoms with van der Waals surface area (Å²) >= 11 is 0. The van der Waals surface area contributed by atoms with Gasteiger partial charge in [-0.05, 0) is 19.3 Å². The highest BCUT2D eigenvalue weighted by Gasteiger charge is 2.19. The number of carbonyl (C=O) groups is 1. The largest absolute Gasteiger partial charge is 0.493 e. The number of rotatable bonds is 6. The number of benzene rings is 1. The minimum atomic E-state index is -0.375. The third-order valence-electron chi connectivity index (χ3n) is 1.96. The Kier molecular flexibility index (Phi) is 5.08. The zero-order valence-electron chi connectivity index (χ0n) is 9.10. The minimum absolute atomic E-state index is 0.375. The van der Waals surface area contributed by atoms with Gasteiger partial charge in [0.05, 0.1) is 0 Å². The zero-order valence-corrected chi connectivity index (χ0v) is 9.10.